The first-order valence-corrected chi connectivity index (χ1v) is 15.2. The molecule has 5 heteroatoms. The van der Waals surface area contributed by atoms with E-state index >= 15 is 0 Å². The molecule has 2 aliphatic heterocycles. The first-order chi connectivity index (χ1) is 9.86. The van der Waals surface area contributed by atoms with Crippen LogP contribution in [0.15, 0.2) is 0 Å². The minimum atomic E-state index is -1.55. The molecule has 2 heterocycles. The van der Waals surface area contributed by atoms with Gasteiger partial charge in [0.05, 0.1) is 0 Å². The van der Waals surface area contributed by atoms with Crippen molar-refractivity contribution in [1.82, 2.24) is 9.80 Å². The summed E-state index contributed by atoms with van der Waals surface area (Å²) >= 11 is 0. The zero-order valence-corrected chi connectivity index (χ0v) is 16.8. The van der Waals surface area contributed by atoms with Crippen LogP contribution in [0.25, 0.3) is 0 Å². The van der Waals surface area contributed by atoms with Crippen molar-refractivity contribution in [3.8, 4) is 0 Å². The topological polar surface area (TPSA) is 15.7 Å². The molecule has 0 atom stereocenters. The summed E-state index contributed by atoms with van der Waals surface area (Å²) in [4.78, 5) is 5.34. The van der Waals surface area contributed by atoms with Crippen molar-refractivity contribution in [1.29, 1.82) is 0 Å². The van der Waals surface area contributed by atoms with Crippen LogP contribution >= 0.6 is 0 Å². The second-order valence-electron chi connectivity index (χ2n) is 8.30. The van der Waals surface area contributed by atoms with E-state index in [-0.39, 0.29) is 0 Å². The Labute approximate surface area is 134 Å². The van der Waals surface area contributed by atoms with E-state index in [9.17, 15) is 0 Å². The molecular formula is C16H36N2OSi2. The zero-order chi connectivity index (χ0) is 15.3. The maximum atomic E-state index is 6.83. The average Bonchev–Trinajstić information content (AvgIpc) is 2.38. The van der Waals surface area contributed by atoms with Gasteiger partial charge >= 0.3 is 0 Å². The molecule has 0 radical (unpaired) electrons. The van der Waals surface area contributed by atoms with E-state index in [2.05, 4.69) is 36.0 Å². The smallest absolute Gasteiger partial charge is 0.187 e. The maximum Gasteiger partial charge on any atom is 0.187 e. The molecule has 0 aromatic rings. The molecule has 124 valence electrons. The van der Waals surface area contributed by atoms with Gasteiger partial charge < -0.3 is 13.9 Å². The Morgan fingerprint density at radius 2 is 0.952 bits per heavy atom. The number of likely N-dealkylation sites (tertiary alicyclic amines) is 2. The first-order valence-electron chi connectivity index (χ1n) is 9.01. The van der Waals surface area contributed by atoms with Crippen LogP contribution in [0.5, 0.6) is 0 Å². The lowest BCUT2D eigenvalue weighted by molar-refractivity contribution is 0.241. The summed E-state index contributed by atoms with van der Waals surface area (Å²) in [6.45, 7) is 14.9. The Balaban J connectivity index is 1.81. The molecule has 0 N–H and O–H groups in total. The average molecular weight is 329 g/mol. The highest BCUT2D eigenvalue weighted by Gasteiger charge is 2.36. The summed E-state index contributed by atoms with van der Waals surface area (Å²) in [5.74, 6) is 0. The standard InChI is InChI=1S/C16H36N2OSi2/c1-20(2,15-17-11-7-5-8-12-17)19-21(3,4)16-18-13-9-6-10-14-18/h5-16H2,1-4H3. The third-order valence-electron chi connectivity index (χ3n) is 4.66. The fourth-order valence-electron chi connectivity index (χ4n) is 4.12. The second-order valence-corrected chi connectivity index (χ2v) is 16.8. The third-order valence-corrected chi connectivity index (χ3v) is 11.5. The van der Waals surface area contributed by atoms with E-state index < -0.39 is 16.6 Å². The van der Waals surface area contributed by atoms with Crippen molar-refractivity contribution in [3.63, 3.8) is 0 Å². The quantitative estimate of drug-likeness (QED) is 0.694. The van der Waals surface area contributed by atoms with Crippen LogP contribution in [0.3, 0.4) is 0 Å². The molecule has 3 nitrogen and oxygen atoms in total. The molecule has 0 aromatic heterocycles. The molecule has 0 spiro atoms. The first kappa shape index (κ1) is 17.7. The van der Waals surface area contributed by atoms with E-state index in [0.29, 0.717) is 0 Å². The number of nitrogens with zero attached hydrogens (tertiary/aromatic N) is 2. The largest absolute Gasteiger partial charge is 0.454 e. The number of hydrogen-bond acceptors (Lipinski definition) is 3. The third kappa shape index (κ3) is 6.52. The Morgan fingerprint density at radius 3 is 1.29 bits per heavy atom. The van der Waals surface area contributed by atoms with Crippen LogP contribution in [0, 0.1) is 0 Å². The lowest BCUT2D eigenvalue weighted by atomic mass is 10.1. The van der Waals surface area contributed by atoms with Crippen molar-refractivity contribution < 1.29 is 4.12 Å². The van der Waals surface area contributed by atoms with Gasteiger partial charge in [0.1, 0.15) is 0 Å². The number of hydrogen-bond donors (Lipinski definition) is 0. The van der Waals surface area contributed by atoms with Crippen LogP contribution in [-0.4, -0.2) is 64.9 Å². The van der Waals surface area contributed by atoms with Gasteiger partial charge in [-0.05, 0) is 78.1 Å². The van der Waals surface area contributed by atoms with E-state index in [1.165, 1.54) is 77.0 Å². The Bertz CT molecular complexity index is 281. The predicted octanol–water partition coefficient (Wildman–Crippen LogP) is 3.46. The molecule has 0 unspecified atom stereocenters. The predicted molar refractivity (Wildman–Crippen MR) is 96.6 cm³/mol. The van der Waals surface area contributed by atoms with Crippen LogP contribution in [0.1, 0.15) is 38.5 Å². The van der Waals surface area contributed by atoms with Crippen LogP contribution in [-0.2, 0) is 4.12 Å². The van der Waals surface area contributed by atoms with E-state index in [0.717, 1.165) is 0 Å². The van der Waals surface area contributed by atoms with Gasteiger partial charge in [-0.1, -0.05) is 12.8 Å². The van der Waals surface area contributed by atoms with Gasteiger partial charge in [-0.15, -0.1) is 0 Å². The van der Waals surface area contributed by atoms with Crippen molar-refractivity contribution >= 4 is 16.6 Å². The molecular weight excluding hydrogens is 292 g/mol. The fraction of sp³-hybridized carbons (Fsp3) is 1.00. The molecule has 0 amide bonds. The van der Waals surface area contributed by atoms with E-state index in [4.69, 9.17) is 4.12 Å². The summed E-state index contributed by atoms with van der Waals surface area (Å²) in [6.07, 6.45) is 10.9. The second kappa shape index (κ2) is 7.73. The van der Waals surface area contributed by atoms with Gasteiger partial charge in [0.2, 0.25) is 0 Å². The molecule has 2 fully saturated rings. The molecule has 2 aliphatic rings. The van der Waals surface area contributed by atoms with Crippen molar-refractivity contribution in [2.75, 3.05) is 38.5 Å². The molecule has 0 bridgehead atoms. The van der Waals surface area contributed by atoms with Gasteiger partial charge in [-0.25, -0.2) is 0 Å². The minimum Gasteiger partial charge on any atom is -0.454 e. The van der Waals surface area contributed by atoms with Gasteiger partial charge in [0, 0.05) is 12.3 Å². The summed E-state index contributed by atoms with van der Waals surface area (Å²) in [5, 5.41) is 0. The maximum absolute atomic E-state index is 6.83. The number of rotatable bonds is 6. The zero-order valence-electron chi connectivity index (χ0n) is 14.8. The highest BCUT2D eigenvalue weighted by atomic mass is 28.4. The van der Waals surface area contributed by atoms with Crippen molar-refractivity contribution in [2.24, 2.45) is 0 Å². The lowest BCUT2D eigenvalue weighted by Gasteiger charge is -2.41. The van der Waals surface area contributed by atoms with Gasteiger partial charge in [0.25, 0.3) is 0 Å². The Kier molecular flexibility index (Phi) is 6.50. The van der Waals surface area contributed by atoms with Crippen molar-refractivity contribution in [3.05, 3.63) is 0 Å². The number of piperidine rings is 2. The van der Waals surface area contributed by atoms with Crippen LogP contribution < -0.4 is 0 Å². The monoisotopic (exact) mass is 328 g/mol. The molecule has 2 rings (SSSR count). The van der Waals surface area contributed by atoms with E-state index in [1.54, 1.807) is 0 Å². The fourth-order valence-corrected chi connectivity index (χ4v) is 13.4. The lowest BCUT2D eigenvalue weighted by Crippen LogP contribution is -2.56. The molecule has 0 aliphatic carbocycles. The molecule has 2 saturated heterocycles. The highest BCUT2D eigenvalue weighted by Crippen LogP contribution is 2.20. The summed E-state index contributed by atoms with van der Waals surface area (Å²) < 4.78 is 6.83. The van der Waals surface area contributed by atoms with Crippen LogP contribution in [0.2, 0.25) is 26.2 Å². The van der Waals surface area contributed by atoms with Gasteiger partial charge in [0.15, 0.2) is 16.6 Å². The van der Waals surface area contributed by atoms with Gasteiger partial charge in [-0.2, -0.15) is 0 Å². The summed E-state index contributed by atoms with van der Waals surface area (Å²) in [7, 11) is -3.10. The molecule has 0 aromatic carbocycles. The summed E-state index contributed by atoms with van der Waals surface area (Å²) in [6, 6.07) is 0. The van der Waals surface area contributed by atoms with Crippen LogP contribution in [0.4, 0.5) is 0 Å². The Hall–Kier alpha value is 0.314. The minimum absolute atomic E-state index is 1.24. The highest BCUT2D eigenvalue weighted by molar-refractivity contribution is 6.85. The Morgan fingerprint density at radius 1 is 0.619 bits per heavy atom. The van der Waals surface area contributed by atoms with Gasteiger partial charge in [-0.3, -0.25) is 0 Å². The van der Waals surface area contributed by atoms with Crippen molar-refractivity contribution in [2.45, 2.75) is 64.7 Å². The molecule has 0 saturated carbocycles. The molecule has 21 heavy (non-hydrogen) atoms. The normalized spacial score (nSPS) is 23.4. The SMILES string of the molecule is C[Si](C)(CN1CCCCC1)O[Si](C)(C)CN1CCCCC1. The van der Waals surface area contributed by atoms with E-state index in [1.807, 2.05) is 0 Å². The summed E-state index contributed by atoms with van der Waals surface area (Å²) in [5.41, 5.74) is 0.